The van der Waals surface area contributed by atoms with Crippen molar-refractivity contribution in [1.82, 2.24) is 5.32 Å². The molecule has 2 rings (SSSR count). The molecule has 1 unspecified atom stereocenters. The molecule has 0 aromatic heterocycles. The van der Waals surface area contributed by atoms with Gasteiger partial charge in [-0.1, -0.05) is 0 Å². The molecule has 0 bridgehead atoms. The molecule has 1 aliphatic carbocycles. The number of amides is 1. The maximum Gasteiger partial charge on any atom is 0.240 e. The second kappa shape index (κ2) is 3.21. The lowest BCUT2D eigenvalue weighted by Crippen LogP contribution is -2.62. The summed E-state index contributed by atoms with van der Waals surface area (Å²) >= 11 is 0. The first-order chi connectivity index (χ1) is 6.54. The Bertz CT molecular complexity index is 243. The van der Waals surface area contributed by atoms with Crippen LogP contribution in [0.4, 0.5) is 0 Å². The Balaban J connectivity index is 1.93. The summed E-state index contributed by atoms with van der Waals surface area (Å²) < 4.78 is 5.27. The van der Waals surface area contributed by atoms with Crippen molar-refractivity contribution in [3.05, 3.63) is 0 Å². The van der Waals surface area contributed by atoms with Gasteiger partial charge in [0.15, 0.2) is 0 Å². The van der Waals surface area contributed by atoms with Gasteiger partial charge in [0, 0.05) is 6.61 Å². The molecule has 0 aromatic carbocycles. The lowest BCUT2D eigenvalue weighted by molar-refractivity contribution is -0.131. The van der Waals surface area contributed by atoms with E-state index < -0.39 is 5.54 Å². The Kier molecular flexibility index (Phi) is 2.27. The second-order valence-electron chi connectivity index (χ2n) is 4.83. The summed E-state index contributed by atoms with van der Waals surface area (Å²) in [6.45, 7) is 3.35. The Morgan fingerprint density at radius 3 is 2.57 bits per heavy atom. The van der Waals surface area contributed by atoms with Gasteiger partial charge in [-0.2, -0.15) is 0 Å². The van der Waals surface area contributed by atoms with Crippen LogP contribution in [0, 0.1) is 0 Å². The molecule has 3 N–H and O–H groups in total. The van der Waals surface area contributed by atoms with Gasteiger partial charge in [0.05, 0.1) is 17.7 Å². The third-order valence-corrected chi connectivity index (χ3v) is 3.33. The molecule has 14 heavy (non-hydrogen) atoms. The van der Waals surface area contributed by atoms with Crippen LogP contribution in [-0.4, -0.2) is 30.2 Å². The molecule has 80 valence electrons. The van der Waals surface area contributed by atoms with Crippen molar-refractivity contribution in [2.24, 2.45) is 5.73 Å². The molecule has 1 atom stereocenters. The average molecular weight is 198 g/mol. The molecule has 0 aromatic rings. The number of hydrogen-bond donors (Lipinski definition) is 2. The number of carbonyl (C=O) groups is 1. The fraction of sp³-hybridized carbons (Fsp3) is 0.900. The molecule has 1 amide bonds. The van der Waals surface area contributed by atoms with Gasteiger partial charge in [-0.25, -0.2) is 0 Å². The highest BCUT2D eigenvalue weighted by Gasteiger charge is 2.43. The minimum Gasteiger partial charge on any atom is -0.379 e. The van der Waals surface area contributed by atoms with E-state index in [9.17, 15) is 4.79 Å². The molecular weight excluding hydrogens is 180 g/mol. The highest BCUT2D eigenvalue weighted by molar-refractivity contribution is 5.87. The highest BCUT2D eigenvalue weighted by Crippen LogP contribution is 2.30. The topological polar surface area (TPSA) is 64.4 Å². The SMILES string of the molecule is CC1(NC(=O)C2(N)CCC2)CCOC1. The fourth-order valence-electron chi connectivity index (χ4n) is 1.95. The van der Waals surface area contributed by atoms with E-state index >= 15 is 0 Å². The lowest BCUT2D eigenvalue weighted by Gasteiger charge is -2.39. The van der Waals surface area contributed by atoms with Crippen molar-refractivity contribution >= 4 is 5.91 Å². The Morgan fingerprint density at radius 2 is 2.14 bits per heavy atom. The van der Waals surface area contributed by atoms with Gasteiger partial charge in [-0.15, -0.1) is 0 Å². The minimum absolute atomic E-state index is 0.00301. The predicted molar refractivity (Wildman–Crippen MR) is 52.8 cm³/mol. The van der Waals surface area contributed by atoms with Crippen LogP contribution in [0.2, 0.25) is 0 Å². The van der Waals surface area contributed by atoms with Gasteiger partial charge in [0.1, 0.15) is 0 Å². The van der Waals surface area contributed by atoms with Crippen molar-refractivity contribution in [2.75, 3.05) is 13.2 Å². The summed E-state index contributed by atoms with van der Waals surface area (Å²) in [7, 11) is 0. The molecule has 0 radical (unpaired) electrons. The maximum absolute atomic E-state index is 11.8. The second-order valence-corrected chi connectivity index (χ2v) is 4.83. The summed E-state index contributed by atoms with van der Waals surface area (Å²) in [5, 5.41) is 3.01. The third-order valence-electron chi connectivity index (χ3n) is 3.33. The van der Waals surface area contributed by atoms with Crippen molar-refractivity contribution in [1.29, 1.82) is 0 Å². The van der Waals surface area contributed by atoms with Gasteiger partial charge >= 0.3 is 0 Å². The zero-order valence-electron chi connectivity index (χ0n) is 8.64. The first-order valence-corrected chi connectivity index (χ1v) is 5.23. The molecule has 2 aliphatic rings. The summed E-state index contributed by atoms with van der Waals surface area (Å²) in [4.78, 5) is 11.8. The molecular formula is C10H18N2O2. The van der Waals surface area contributed by atoms with E-state index in [1.807, 2.05) is 6.92 Å². The van der Waals surface area contributed by atoms with E-state index in [-0.39, 0.29) is 11.4 Å². The van der Waals surface area contributed by atoms with Crippen LogP contribution in [0.25, 0.3) is 0 Å². The Hall–Kier alpha value is -0.610. The predicted octanol–water partition coefficient (Wildman–Crippen LogP) is 0.163. The van der Waals surface area contributed by atoms with E-state index in [2.05, 4.69) is 5.32 Å². The van der Waals surface area contributed by atoms with E-state index in [1.165, 1.54) is 0 Å². The molecule has 4 heteroatoms. The monoisotopic (exact) mass is 198 g/mol. The van der Waals surface area contributed by atoms with Crippen molar-refractivity contribution in [3.63, 3.8) is 0 Å². The van der Waals surface area contributed by atoms with E-state index in [4.69, 9.17) is 10.5 Å². The molecule has 0 spiro atoms. The quantitative estimate of drug-likeness (QED) is 0.664. The first-order valence-electron chi connectivity index (χ1n) is 5.23. The van der Waals surface area contributed by atoms with Crippen LogP contribution >= 0.6 is 0 Å². The summed E-state index contributed by atoms with van der Waals surface area (Å²) in [5.41, 5.74) is 5.14. The Morgan fingerprint density at radius 1 is 1.43 bits per heavy atom. The van der Waals surface area contributed by atoms with Crippen LogP contribution in [0.15, 0.2) is 0 Å². The molecule has 1 saturated heterocycles. The van der Waals surface area contributed by atoms with Gasteiger partial charge in [0.2, 0.25) is 5.91 Å². The number of ether oxygens (including phenoxy) is 1. The van der Waals surface area contributed by atoms with Crippen molar-refractivity contribution in [2.45, 2.75) is 43.7 Å². The summed E-state index contributed by atoms with van der Waals surface area (Å²) in [6, 6.07) is 0. The zero-order chi connectivity index (χ0) is 10.2. The Labute approximate surface area is 84.2 Å². The maximum atomic E-state index is 11.8. The molecule has 4 nitrogen and oxygen atoms in total. The van der Waals surface area contributed by atoms with Crippen LogP contribution in [0.5, 0.6) is 0 Å². The minimum atomic E-state index is -0.592. The molecule has 1 saturated carbocycles. The van der Waals surface area contributed by atoms with Gasteiger partial charge in [0.25, 0.3) is 0 Å². The van der Waals surface area contributed by atoms with Crippen LogP contribution < -0.4 is 11.1 Å². The normalized spacial score (nSPS) is 35.0. The fourth-order valence-corrected chi connectivity index (χ4v) is 1.95. The van der Waals surface area contributed by atoms with E-state index in [0.717, 1.165) is 32.3 Å². The standard InChI is InChI=1S/C10H18N2O2/c1-9(5-6-14-7-9)12-8(13)10(11)3-2-4-10/h2-7,11H2,1H3,(H,12,13). The van der Waals surface area contributed by atoms with Crippen LogP contribution in [0.3, 0.4) is 0 Å². The van der Waals surface area contributed by atoms with Crippen molar-refractivity contribution < 1.29 is 9.53 Å². The number of hydrogen-bond acceptors (Lipinski definition) is 3. The zero-order valence-corrected chi connectivity index (χ0v) is 8.64. The largest absolute Gasteiger partial charge is 0.379 e. The average Bonchev–Trinajstić information content (AvgIpc) is 2.47. The summed E-state index contributed by atoms with van der Waals surface area (Å²) in [6.07, 6.45) is 3.58. The van der Waals surface area contributed by atoms with E-state index in [0.29, 0.717) is 6.61 Å². The molecule has 1 heterocycles. The number of rotatable bonds is 2. The number of carbonyl (C=O) groups excluding carboxylic acids is 1. The van der Waals surface area contributed by atoms with E-state index in [1.54, 1.807) is 0 Å². The van der Waals surface area contributed by atoms with Gasteiger partial charge < -0.3 is 15.8 Å². The van der Waals surface area contributed by atoms with Gasteiger partial charge in [-0.3, -0.25) is 4.79 Å². The number of nitrogens with one attached hydrogen (secondary N) is 1. The van der Waals surface area contributed by atoms with Crippen LogP contribution in [-0.2, 0) is 9.53 Å². The first kappa shape index (κ1) is 9.93. The van der Waals surface area contributed by atoms with Crippen molar-refractivity contribution in [3.8, 4) is 0 Å². The highest BCUT2D eigenvalue weighted by atomic mass is 16.5. The molecule has 2 fully saturated rings. The van der Waals surface area contributed by atoms with Gasteiger partial charge in [-0.05, 0) is 32.6 Å². The third kappa shape index (κ3) is 1.64. The van der Waals surface area contributed by atoms with Crippen LogP contribution in [0.1, 0.15) is 32.6 Å². The smallest absolute Gasteiger partial charge is 0.240 e. The summed E-state index contributed by atoms with van der Waals surface area (Å²) in [5.74, 6) is -0.00301. The lowest BCUT2D eigenvalue weighted by atomic mass is 9.76. The molecule has 1 aliphatic heterocycles. The number of nitrogens with two attached hydrogens (primary N) is 1.